The van der Waals surface area contributed by atoms with Gasteiger partial charge in [-0.25, -0.2) is 0 Å². The molecule has 0 saturated carbocycles. The molecule has 0 aromatic carbocycles. The van der Waals surface area contributed by atoms with Crippen LogP contribution in [0.25, 0.3) is 0 Å². The molecule has 0 unspecified atom stereocenters. The van der Waals surface area contributed by atoms with Crippen molar-refractivity contribution in [3.05, 3.63) is 34.0 Å². The van der Waals surface area contributed by atoms with E-state index < -0.39 is 0 Å². The molecule has 0 radical (unpaired) electrons. The molecule has 1 amide bonds. The number of aromatic nitrogens is 3. The number of rotatable bonds is 3. The van der Waals surface area contributed by atoms with Crippen LogP contribution in [0.1, 0.15) is 52.9 Å². The molecule has 124 valence electrons. The Kier molecular flexibility index (Phi) is 4.00. The second-order valence-corrected chi connectivity index (χ2v) is 6.43. The molecule has 0 aliphatic carbocycles. The first-order valence-electron chi connectivity index (χ1n) is 8.11. The summed E-state index contributed by atoms with van der Waals surface area (Å²) in [6, 6.07) is 0.136. The van der Waals surface area contributed by atoms with E-state index in [9.17, 15) is 4.79 Å². The van der Waals surface area contributed by atoms with Crippen LogP contribution in [-0.2, 0) is 18.3 Å². The van der Waals surface area contributed by atoms with Crippen molar-refractivity contribution < 1.29 is 9.32 Å². The molecular formula is C17H24N4O2. The lowest BCUT2D eigenvalue weighted by molar-refractivity contribution is -0.131. The smallest absolute Gasteiger partial charge is 0.227 e. The summed E-state index contributed by atoms with van der Waals surface area (Å²) in [5.74, 6) is 0.880. The van der Waals surface area contributed by atoms with Crippen LogP contribution >= 0.6 is 0 Å². The van der Waals surface area contributed by atoms with E-state index in [1.165, 1.54) is 5.56 Å². The highest BCUT2D eigenvalue weighted by Gasteiger charge is 2.33. The normalized spacial score (nSPS) is 18.0. The average Bonchev–Trinajstić information content (AvgIpc) is 3.15. The summed E-state index contributed by atoms with van der Waals surface area (Å²) in [5, 5.41) is 8.45. The topological polar surface area (TPSA) is 64.2 Å². The predicted molar refractivity (Wildman–Crippen MR) is 86.1 cm³/mol. The number of nitrogens with zero attached hydrogens (tertiary/aromatic N) is 4. The van der Waals surface area contributed by atoms with Gasteiger partial charge in [0.05, 0.1) is 23.9 Å². The van der Waals surface area contributed by atoms with Gasteiger partial charge in [-0.15, -0.1) is 0 Å². The van der Waals surface area contributed by atoms with Crippen LogP contribution in [0.15, 0.2) is 4.52 Å². The lowest BCUT2D eigenvalue weighted by atomic mass is 10.0. The van der Waals surface area contributed by atoms with E-state index in [2.05, 4.69) is 17.2 Å². The van der Waals surface area contributed by atoms with Gasteiger partial charge in [0, 0.05) is 30.4 Å². The largest absolute Gasteiger partial charge is 0.361 e. The molecule has 3 rings (SSSR count). The molecule has 6 nitrogen and oxygen atoms in total. The maximum Gasteiger partial charge on any atom is 0.227 e. The van der Waals surface area contributed by atoms with Crippen molar-refractivity contribution in [1.82, 2.24) is 19.8 Å². The standard InChI is InChI=1S/C17H24N4O2/c1-10-14(13(4)23-19-10)9-16(22)21-8-6-7-15(21)17-11(2)18-20(5)12(17)3/h15H,6-9H2,1-5H3/t15-/m0/s1. The van der Waals surface area contributed by atoms with Crippen molar-refractivity contribution in [2.75, 3.05) is 6.54 Å². The molecule has 6 heteroatoms. The molecule has 1 saturated heterocycles. The molecule has 1 atom stereocenters. The summed E-state index contributed by atoms with van der Waals surface area (Å²) in [7, 11) is 1.96. The van der Waals surface area contributed by atoms with Gasteiger partial charge >= 0.3 is 0 Å². The lowest BCUT2D eigenvalue weighted by Gasteiger charge is -2.25. The number of aryl methyl sites for hydroxylation is 4. The molecule has 1 aliphatic rings. The molecule has 0 bridgehead atoms. The van der Waals surface area contributed by atoms with Gasteiger partial charge in [-0.3, -0.25) is 9.48 Å². The molecule has 0 spiro atoms. The zero-order chi connectivity index (χ0) is 16.7. The molecular weight excluding hydrogens is 292 g/mol. The molecule has 2 aromatic heterocycles. The fraction of sp³-hybridized carbons (Fsp3) is 0.588. The maximum absolute atomic E-state index is 12.9. The molecule has 1 fully saturated rings. The van der Waals surface area contributed by atoms with Crippen LogP contribution in [-0.4, -0.2) is 32.3 Å². The van der Waals surface area contributed by atoms with Crippen LogP contribution in [0.2, 0.25) is 0 Å². The third-order valence-corrected chi connectivity index (χ3v) is 4.98. The fourth-order valence-electron chi connectivity index (χ4n) is 3.64. The number of carbonyl (C=O) groups excluding carboxylic acids is 1. The Balaban J connectivity index is 1.85. The number of hydrogen-bond donors (Lipinski definition) is 0. The third-order valence-electron chi connectivity index (χ3n) is 4.98. The van der Waals surface area contributed by atoms with Gasteiger partial charge in [-0.05, 0) is 40.5 Å². The Morgan fingerprint density at radius 1 is 1.26 bits per heavy atom. The van der Waals surface area contributed by atoms with E-state index in [-0.39, 0.29) is 11.9 Å². The van der Waals surface area contributed by atoms with Crippen LogP contribution in [0.5, 0.6) is 0 Å². The van der Waals surface area contributed by atoms with Crippen molar-refractivity contribution >= 4 is 5.91 Å². The first-order valence-corrected chi connectivity index (χ1v) is 8.11. The van der Waals surface area contributed by atoms with E-state index in [1.54, 1.807) is 0 Å². The Bertz CT molecular complexity index is 725. The van der Waals surface area contributed by atoms with Crippen molar-refractivity contribution in [3.8, 4) is 0 Å². The summed E-state index contributed by atoms with van der Waals surface area (Å²) in [6.07, 6.45) is 2.39. The molecule has 1 aliphatic heterocycles. The minimum absolute atomic E-state index is 0.136. The van der Waals surface area contributed by atoms with Crippen molar-refractivity contribution in [2.24, 2.45) is 7.05 Å². The monoisotopic (exact) mass is 316 g/mol. The Labute approximate surface area is 136 Å². The van der Waals surface area contributed by atoms with Crippen LogP contribution in [0.3, 0.4) is 0 Å². The maximum atomic E-state index is 12.9. The SMILES string of the molecule is Cc1noc(C)c1CC(=O)N1CCC[C@H]1c1c(C)nn(C)c1C. The van der Waals surface area contributed by atoms with Gasteiger partial charge in [-0.1, -0.05) is 5.16 Å². The molecule has 2 aromatic rings. The molecule has 3 heterocycles. The van der Waals surface area contributed by atoms with Crippen LogP contribution in [0.4, 0.5) is 0 Å². The quantitative estimate of drug-likeness (QED) is 0.873. The van der Waals surface area contributed by atoms with Gasteiger partial charge in [0.1, 0.15) is 5.76 Å². The second-order valence-electron chi connectivity index (χ2n) is 6.43. The van der Waals surface area contributed by atoms with Gasteiger partial charge in [0.15, 0.2) is 0 Å². The van der Waals surface area contributed by atoms with Crippen molar-refractivity contribution in [3.63, 3.8) is 0 Å². The van der Waals surface area contributed by atoms with E-state index in [0.717, 1.165) is 47.8 Å². The summed E-state index contributed by atoms with van der Waals surface area (Å²) in [5.41, 5.74) is 5.09. The molecule has 0 N–H and O–H groups in total. The van der Waals surface area contributed by atoms with Gasteiger partial charge in [0.25, 0.3) is 0 Å². The number of carbonyl (C=O) groups is 1. The summed E-state index contributed by atoms with van der Waals surface area (Å²) in [4.78, 5) is 14.9. The minimum Gasteiger partial charge on any atom is -0.361 e. The van der Waals surface area contributed by atoms with E-state index >= 15 is 0 Å². The number of amides is 1. The zero-order valence-corrected chi connectivity index (χ0v) is 14.5. The number of likely N-dealkylation sites (tertiary alicyclic amines) is 1. The second kappa shape index (κ2) is 5.83. The van der Waals surface area contributed by atoms with Crippen LogP contribution < -0.4 is 0 Å². The predicted octanol–water partition coefficient (Wildman–Crippen LogP) is 2.55. The van der Waals surface area contributed by atoms with Crippen molar-refractivity contribution in [1.29, 1.82) is 0 Å². The van der Waals surface area contributed by atoms with Crippen LogP contribution in [0, 0.1) is 27.7 Å². The highest BCUT2D eigenvalue weighted by atomic mass is 16.5. The Morgan fingerprint density at radius 3 is 2.57 bits per heavy atom. The van der Waals surface area contributed by atoms with Gasteiger partial charge < -0.3 is 9.42 Å². The number of hydrogen-bond acceptors (Lipinski definition) is 4. The molecule has 23 heavy (non-hydrogen) atoms. The summed E-state index contributed by atoms with van der Waals surface area (Å²) in [6.45, 7) is 8.65. The highest BCUT2D eigenvalue weighted by molar-refractivity contribution is 5.80. The van der Waals surface area contributed by atoms with Gasteiger partial charge in [-0.2, -0.15) is 5.10 Å². The van der Waals surface area contributed by atoms with Gasteiger partial charge in [0.2, 0.25) is 5.91 Å². The van der Waals surface area contributed by atoms with E-state index in [1.807, 2.05) is 37.4 Å². The summed E-state index contributed by atoms with van der Waals surface area (Å²) < 4.78 is 7.08. The Morgan fingerprint density at radius 2 is 2.00 bits per heavy atom. The first kappa shape index (κ1) is 15.8. The lowest BCUT2D eigenvalue weighted by Crippen LogP contribution is -2.32. The Hall–Kier alpha value is -2.11. The minimum atomic E-state index is 0.136. The highest BCUT2D eigenvalue weighted by Crippen LogP contribution is 2.36. The van der Waals surface area contributed by atoms with E-state index in [4.69, 9.17) is 4.52 Å². The third kappa shape index (κ3) is 2.66. The zero-order valence-electron chi connectivity index (χ0n) is 14.5. The van der Waals surface area contributed by atoms with E-state index in [0.29, 0.717) is 6.42 Å². The average molecular weight is 316 g/mol. The fourth-order valence-corrected chi connectivity index (χ4v) is 3.64. The first-order chi connectivity index (χ1) is 10.9. The summed E-state index contributed by atoms with van der Waals surface area (Å²) >= 11 is 0. The van der Waals surface area contributed by atoms with Crippen molar-refractivity contribution in [2.45, 2.75) is 53.0 Å².